The summed E-state index contributed by atoms with van der Waals surface area (Å²) in [6.07, 6.45) is -3.35. The average molecular weight is 773 g/mol. The van der Waals surface area contributed by atoms with Gasteiger partial charge in [-0.15, -0.1) is 0 Å². The highest BCUT2D eigenvalue weighted by molar-refractivity contribution is 5.97. The SMILES string of the molecule is CC(=O)OC[C@H]1O[C@@H](Oc2cc(CO)ccc2NC(=O)[C@H](C)CC(=O)[C@@H](NC(=O)OCC2c3ccccc3-c3ccccc32)C(C)C)[C@H](C)[C@@H](C)[C@H]1OC(C)=O. The number of aliphatic hydroxyl groups is 1. The van der Waals surface area contributed by atoms with E-state index in [4.69, 9.17) is 23.7 Å². The Morgan fingerprint density at radius 3 is 2.05 bits per heavy atom. The number of amides is 2. The fraction of sp³-hybridized carbons (Fsp3) is 0.465. The predicted molar refractivity (Wildman–Crippen MR) is 206 cm³/mol. The van der Waals surface area contributed by atoms with Gasteiger partial charge in [0.25, 0.3) is 0 Å². The van der Waals surface area contributed by atoms with Crippen LogP contribution in [0.25, 0.3) is 11.1 Å². The first-order chi connectivity index (χ1) is 26.7. The van der Waals surface area contributed by atoms with Crippen molar-refractivity contribution in [2.45, 2.75) is 92.0 Å². The average Bonchev–Trinajstić information content (AvgIpc) is 3.48. The van der Waals surface area contributed by atoms with Crippen LogP contribution in [0.2, 0.25) is 0 Å². The number of nitrogens with one attached hydrogen (secondary N) is 2. The number of aliphatic hydroxyl groups excluding tert-OH is 1. The molecular weight excluding hydrogens is 720 g/mol. The Morgan fingerprint density at radius 1 is 0.821 bits per heavy atom. The topological polar surface area (TPSA) is 176 Å². The molecule has 1 heterocycles. The van der Waals surface area contributed by atoms with Crippen LogP contribution in [-0.2, 0) is 44.7 Å². The summed E-state index contributed by atoms with van der Waals surface area (Å²) in [7, 11) is 0. The highest BCUT2D eigenvalue weighted by Gasteiger charge is 2.45. The Balaban J connectivity index is 1.22. The van der Waals surface area contributed by atoms with Gasteiger partial charge in [-0.05, 0) is 45.9 Å². The van der Waals surface area contributed by atoms with Crippen LogP contribution in [0.1, 0.15) is 77.5 Å². The second-order valence-corrected chi connectivity index (χ2v) is 15.0. The molecule has 3 aromatic rings. The van der Waals surface area contributed by atoms with Crippen LogP contribution < -0.4 is 15.4 Å². The zero-order chi connectivity index (χ0) is 40.7. The van der Waals surface area contributed by atoms with Crippen molar-refractivity contribution in [2.75, 3.05) is 18.5 Å². The molecule has 300 valence electrons. The first-order valence-electron chi connectivity index (χ1n) is 19.0. The first kappa shape index (κ1) is 41.9. The van der Waals surface area contributed by atoms with E-state index in [2.05, 4.69) is 22.8 Å². The van der Waals surface area contributed by atoms with Gasteiger partial charge in [-0.2, -0.15) is 0 Å². The standard InChI is InChI=1S/C43H52N2O11/c1-23(2)39(45-43(51)53-21-34-32-14-10-8-12-30(32)31-13-9-11-15-33(31)34)36(49)18-24(3)41(50)44-35-17-16-29(20-46)19-37(35)55-42-26(5)25(4)40(54-28(7)48)38(56-42)22-52-27(6)47/h8-17,19,23-26,34,38-40,42,46H,18,20-22H2,1-7H3,(H,44,50)(H,45,51)/t24-,25-,26-,38-,39+,40-,42-/m1/s1. The normalized spacial score (nSPS) is 21.2. The summed E-state index contributed by atoms with van der Waals surface area (Å²) >= 11 is 0. The number of ketones is 1. The molecule has 3 N–H and O–H groups in total. The van der Waals surface area contributed by atoms with Gasteiger partial charge in [0.15, 0.2) is 5.78 Å². The van der Waals surface area contributed by atoms with Crippen LogP contribution in [0.3, 0.4) is 0 Å². The molecule has 0 bridgehead atoms. The minimum atomic E-state index is -0.920. The number of esters is 2. The minimum absolute atomic E-state index is 0.0976. The van der Waals surface area contributed by atoms with E-state index in [-0.39, 0.29) is 67.1 Å². The van der Waals surface area contributed by atoms with Crippen LogP contribution in [-0.4, -0.2) is 72.6 Å². The van der Waals surface area contributed by atoms with E-state index in [0.717, 1.165) is 22.3 Å². The van der Waals surface area contributed by atoms with Gasteiger partial charge in [0.05, 0.1) is 18.3 Å². The zero-order valence-electron chi connectivity index (χ0n) is 32.9. The van der Waals surface area contributed by atoms with Crippen molar-refractivity contribution >= 4 is 35.4 Å². The molecule has 13 heteroatoms. The minimum Gasteiger partial charge on any atom is -0.463 e. The molecule has 1 fully saturated rings. The Hall–Kier alpha value is -5.27. The lowest BCUT2D eigenvalue weighted by Gasteiger charge is -2.43. The monoisotopic (exact) mass is 772 g/mol. The lowest BCUT2D eigenvalue weighted by atomic mass is 9.84. The van der Waals surface area contributed by atoms with Crippen molar-refractivity contribution in [3.05, 3.63) is 83.4 Å². The van der Waals surface area contributed by atoms with Crippen LogP contribution in [0.5, 0.6) is 5.75 Å². The van der Waals surface area contributed by atoms with Crippen molar-refractivity contribution in [2.24, 2.45) is 23.7 Å². The molecule has 56 heavy (non-hydrogen) atoms. The van der Waals surface area contributed by atoms with Crippen molar-refractivity contribution in [3.63, 3.8) is 0 Å². The number of alkyl carbamates (subject to hydrolysis) is 1. The number of ether oxygens (including phenoxy) is 5. The second kappa shape index (κ2) is 18.6. The van der Waals surface area contributed by atoms with E-state index in [9.17, 15) is 29.1 Å². The van der Waals surface area contributed by atoms with Crippen molar-refractivity contribution in [3.8, 4) is 16.9 Å². The predicted octanol–water partition coefficient (Wildman–Crippen LogP) is 6.15. The van der Waals surface area contributed by atoms with Crippen LogP contribution in [0, 0.1) is 23.7 Å². The van der Waals surface area contributed by atoms with E-state index in [1.165, 1.54) is 13.8 Å². The number of rotatable bonds is 15. The number of Topliss-reactive ketones (excluding diaryl/α,β-unsaturated/α-hetero) is 1. The number of hydrogen-bond donors (Lipinski definition) is 3. The molecule has 2 aliphatic rings. The third kappa shape index (κ3) is 9.93. The van der Waals surface area contributed by atoms with Gasteiger partial charge >= 0.3 is 18.0 Å². The Labute approximate surface area is 327 Å². The third-order valence-corrected chi connectivity index (χ3v) is 10.5. The molecule has 0 unspecified atom stereocenters. The van der Waals surface area contributed by atoms with Crippen molar-refractivity contribution < 1.29 is 52.8 Å². The molecule has 5 rings (SSSR count). The number of fused-ring (bicyclic) bond motifs is 3. The van der Waals surface area contributed by atoms with Gasteiger partial charge < -0.3 is 39.4 Å². The Bertz CT molecular complexity index is 1870. The highest BCUT2D eigenvalue weighted by Crippen LogP contribution is 2.44. The van der Waals surface area contributed by atoms with E-state index in [0.29, 0.717) is 5.56 Å². The molecule has 1 saturated heterocycles. The molecule has 1 aliphatic carbocycles. The summed E-state index contributed by atoms with van der Waals surface area (Å²) in [5.41, 5.74) is 5.13. The number of anilines is 1. The summed E-state index contributed by atoms with van der Waals surface area (Å²) < 4.78 is 28.9. The lowest BCUT2D eigenvalue weighted by Crippen LogP contribution is -2.54. The highest BCUT2D eigenvalue weighted by atomic mass is 16.7. The summed E-state index contributed by atoms with van der Waals surface area (Å²) in [6.45, 7) is 11.1. The molecule has 0 radical (unpaired) electrons. The van der Waals surface area contributed by atoms with E-state index in [1.54, 1.807) is 25.1 Å². The van der Waals surface area contributed by atoms with Crippen molar-refractivity contribution in [1.82, 2.24) is 5.32 Å². The zero-order valence-corrected chi connectivity index (χ0v) is 32.9. The Morgan fingerprint density at radius 2 is 1.46 bits per heavy atom. The van der Waals surface area contributed by atoms with Gasteiger partial charge in [-0.3, -0.25) is 19.2 Å². The smallest absolute Gasteiger partial charge is 0.407 e. The quantitative estimate of drug-likeness (QED) is 0.119. The fourth-order valence-corrected chi connectivity index (χ4v) is 7.26. The molecule has 2 amide bonds. The molecule has 13 nitrogen and oxygen atoms in total. The van der Waals surface area contributed by atoms with Gasteiger partial charge in [0.1, 0.15) is 31.2 Å². The largest absolute Gasteiger partial charge is 0.463 e. The van der Waals surface area contributed by atoms with Gasteiger partial charge in [-0.1, -0.05) is 89.2 Å². The van der Waals surface area contributed by atoms with Gasteiger partial charge in [0.2, 0.25) is 12.2 Å². The van der Waals surface area contributed by atoms with E-state index >= 15 is 0 Å². The maximum absolute atomic E-state index is 13.6. The van der Waals surface area contributed by atoms with Crippen LogP contribution >= 0.6 is 0 Å². The number of benzene rings is 3. The van der Waals surface area contributed by atoms with Gasteiger partial charge in [-0.25, -0.2) is 4.79 Å². The molecule has 3 aromatic carbocycles. The maximum atomic E-state index is 13.6. The number of hydrogen-bond acceptors (Lipinski definition) is 11. The number of carbonyl (C=O) groups is 5. The van der Waals surface area contributed by atoms with Crippen LogP contribution in [0.15, 0.2) is 66.7 Å². The maximum Gasteiger partial charge on any atom is 0.407 e. The number of carbonyl (C=O) groups excluding carboxylic acids is 5. The second-order valence-electron chi connectivity index (χ2n) is 15.0. The first-order valence-corrected chi connectivity index (χ1v) is 19.0. The lowest BCUT2D eigenvalue weighted by molar-refractivity contribution is -0.247. The molecule has 1 aliphatic heterocycles. The molecule has 0 spiro atoms. The summed E-state index contributed by atoms with van der Waals surface area (Å²) in [4.78, 5) is 63.8. The van der Waals surface area contributed by atoms with Crippen molar-refractivity contribution in [1.29, 1.82) is 0 Å². The molecule has 0 aromatic heterocycles. The summed E-state index contributed by atoms with van der Waals surface area (Å²) in [5, 5.41) is 15.5. The summed E-state index contributed by atoms with van der Waals surface area (Å²) in [6, 6.07) is 19.9. The molecular formula is C43H52N2O11. The fourth-order valence-electron chi connectivity index (χ4n) is 7.26. The molecule has 7 atom stereocenters. The van der Waals surface area contributed by atoms with Gasteiger partial charge in [0, 0.05) is 43.9 Å². The molecule has 0 saturated carbocycles. The third-order valence-electron chi connectivity index (χ3n) is 10.5. The van der Waals surface area contributed by atoms with E-state index < -0.39 is 54.4 Å². The van der Waals surface area contributed by atoms with Crippen LogP contribution in [0.4, 0.5) is 10.5 Å². The summed E-state index contributed by atoms with van der Waals surface area (Å²) in [5.74, 6) is -3.48. The Kier molecular flexibility index (Phi) is 13.9. The van der Waals surface area contributed by atoms with E-state index in [1.807, 2.05) is 64.1 Å².